The number of anilines is 1. The largest absolute Gasteiger partial charge is 0.545 e. The highest BCUT2D eigenvalue weighted by Gasteiger charge is 2.09. The summed E-state index contributed by atoms with van der Waals surface area (Å²) in [7, 11) is 0. The number of benzene rings is 2. The number of carboxylic acids is 1. The summed E-state index contributed by atoms with van der Waals surface area (Å²) in [6, 6.07) is 12.6. The number of hydrogen-bond acceptors (Lipinski definition) is 4. The number of amides is 1. The zero-order valence-electron chi connectivity index (χ0n) is 12.4. The molecule has 2 aromatic carbocycles. The van der Waals surface area contributed by atoms with E-state index in [0.717, 1.165) is 15.4 Å². The molecule has 22 heavy (non-hydrogen) atoms. The van der Waals surface area contributed by atoms with Gasteiger partial charge in [-0.2, -0.15) is 0 Å². The summed E-state index contributed by atoms with van der Waals surface area (Å²) >= 11 is 1.47. The SMILES string of the molecule is CCC(=O)Nc1cc(C(=O)[O-])ccc1Sc1ccc(C)cc1. The molecule has 0 saturated carbocycles. The van der Waals surface area contributed by atoms with Crippen molar-refractivity contribution >= 4 is 29.3 Å². The number of aromatic carboxylic acids is 1. The Balaban J connectivity index is 2.33. The quantitative estimate of drug-likeness (QED) is 0.921. The molecule has 2 aromatic rings. The molecular weight excluding hydrogens is 298 g/mol. The molecule has 1 amide bonds. The summed E-state index contributed by atoms with van der Waals surface area (Å²) in [5, 5.41) is 13.7. The molecule has 0 unspecified atom stereocenters. The van der Waals surface area contributed by atoms with Crippen LogP contribution in [0.15, 0.2) is 52.3 Å². The number of carbonyl (C=O) groups excluding carboxylic acids is 2. The lowest BCUT2D eigenvalue weighted by atomic mass is 10.2. The summed E-state index contributed by atoms with van der Waals surface area (Å²) in [4.78, 5) is 24.4. The minimum atomic E-state index is -1.26. The number of rotatable bonds is 5. The van der Waals surface area contributed by atoms with E-state index in [2.05, 4.69) is 5.32 Å². The molecule has 0 spiro atoms. The van der Waals surface area contributed by atoms with Crippen LogP contribution in [0.3, 0.4) is 0 Å². The molecule has 0 aliphatic carbocycles. The van der Waals surface area contributed by atoms with E-state index in [-0.39, 0.29) is 11.5 Å². The van der Waals surface area contributed by atoms with Crippen LogP contribution in [0.5, 0.6) is 0 Å². The molecule has 2 rings (SSSR count). The number of nitrogens with one attached hydrogen (secondary N) is 1. The molecule has 0 saturated heterocycles. The Hall–Kier alpha value is -2.27. The highest BCUT2D eigenvalue weighted by molar-refractivity contribution is 7.99. The molecule has 0 aliphatic rings. The molecule has 0 fully saturated rings. The fourth-order valence-corrected chi connectivity index (χ4v) is 2.70. The second-order valence-corrected chi connectivity index (χ2v) is 5.93. The van der Waals surface area contributed by atoms with Gasteiger partial charge in [0.15, 0.2) is 0 Å². The lowest BCUT2D eigenvalue weighted by Gasteiger charge is -2.13. The Bertz CT molecular complexity index is 696. The third kappa shape index (κ3) is 4.11. The lowest BCUT2D eigenvalue weighted by Crippen LogP contribution is -2.22. The fourth-order valence-electron chi connectivity index (χ4n) is 1.82. The van der Waals surface area contributed by atoms with Crippen LogP contribution < -0.4 is 10.4 Å². The number of hydrogen-bond donors (Lipinski definition) is 1. The molecule has 0 aromatic heterocycles. The number of aryl methyl sites for hydroxylation is 1. The van der Waals surface area contributed by atoms with Gasteiger partial charge in [0.05, 0.1) is 11.7 Å². The Morgan fingerprint density at radius 3 is 2.41 bits per heavy atom. The van der Waals surface area contributed by atoms with Crippen molar-refractivity contribution in [2.24, 2.45) is 0 Å². The van der Waals surface area contributed by atoms with Crippen molar-refractivity contribution in [3.05, 3.63) is 53.6 Å². The average Bonchev–Trinajstić information content (AvgIpc) is 2.50. The highest BCUT2D eigenvalue weighted by atomic mass is 32.2. The predicted octanol–water partition coefficient (Wildman–Crippen LogP) is 2.86. The Labute approximate surface area is 133 Å². The van der Waals surface area contributed by atoms with Gasteiger partial charge in [-0.25, -0.2) is 0 Å². The van der Waals surface area contributed by atoms with Gasteiger partial charge in [0.25, 0.3) is 0 Å². The molecule has 1 N–H and O–H groups in total. The van der Waals surface area contributed by atoms with E-state index in [9.17, 15) is 14.7 Å². The van der Waals surface area contributed by atoms with Gasteiger partial charge in [-0.1, -0.05) is 42.4 Å². The van der Waals surface area contributed by atoms with Crippen molar-refractivity contribution in [3.63, 3.8) is 0 Å². The van der Waals surface area contributed by atoms with Crippen LogP contribution in [0.1, 0.15) is 29.3 Å². The van der Waals surface area contributed by atoms with Crippen LogP contribution >= 0.6 is 11.8 Å². The van der Waals surface area contributed by atoms with Crippen molar-refractivity contribution in [1.29, 1.82) is 0 Å². The third-order valence-electron chi connectivity index (χ3n) is 3.06. The second kappa shape index (κ2) is 7.13. The first-order chi connectivity index (χ1) is 10.5. The second-order valence-electron chi connectivity index (χ2n) is 4.82. The molecule has 0 bridgehead atoms. The van der Waals surface area contributed by atoms with Crippen molar-refractivity contribution in [2.75, 3.05) is 5.32 Å². The van der Waals surface area contributed by atoms with E-state index in [1.54, 1.807) is 13.0 Å². The van der Waals surface area contributed by atoms with E-state index < -0.39 is 5.97 Å². The van der Waals surface area contributed by atoms with E-state index in [0.29, 0.717) is 12.1 Å². The predicted molar refractivity (Wildman–Crippen MR) is 85.0 cm³/mol. The topological polar surface area (TPSA) is 69.2 Å². The van der Waals surface area contributed by atoms with E-state index in [1.807, 2.05) is 31.2 Å². The molecule has 0 aliphatic heterocycles. The van der Waals surface area contributed by atoms with Crippen molar-refractivity contribution in [3.8, 4) is 0 Å². The minimum Gasteiger partial charge on any atom is -0.545 e. The van der Waals surface area contributed by atoms with Gasteiger partial charge in [-0.05, 0) is 36.8 Å². The van der Waals surface area contributed by atoms with E-state index in [4.69, 9.17) is 0 Å². The zero-order chi connectivity index (χ0) is 16.1. The van der Waals surface area contributed by atoms with Gasteiger partial charge in [-0.15, -0.1) is 0 Å². The molecule has 0 radical (unpaired) electrons. The molecule has 0 heterocycles. The summed E-state index contributed by atoms with van der Waals surface area (Å²) in [6.07, 6.45) is 0.324. The van der Waals surface area contributed by atoms with E-state index >= 15 is 0 Å². The normalized spacial score (nSPS) is 10.3. The first-order valence-corrected chi connectivity index (χ1v) is 7.71. The summed E-state index contributed by atoms with van der Waals surface area (Å²) in [5.74, 6) is -1.43. The molecule has 5 heteroatoms. The van der Waals surface area contributed by atoms with Gasteiger partial charge < -0.3 is 15.2 Å². The Morgan fingerprint density at radius 1 is 1.14 bits per heavy atom. The first-order valence-electron chi connectivity index (χ1n) is 6.89. The Morgan fingerprint density at radius 2 is 1.82 bits per heavy atom. The highest BCUT2D eigenvalue weighted by Crippen LogP contribution is 2.34. The van der Waals surface area contributed by atoms with Crippen molar-refractivity contribution in [2.45, 2.75) is 30.1 Å². The fraction of sp³-hybridized carbons (Fsp3) is 0.176. The van der Waals surface area contributed by atoms with Gasteiger partial charge >= 0.3 is 0 Å². The number of carboxylic acid groups (broad SMARTS) is 1. The summed E-state index contributed by atoms with van der Waals surface area (Å²) < 4.78 is 0. The molecular formula is C17H16NO3S-. The van der Waals surface area contributed by atoms with Crippen LogP contribution in [0.4, 0.5) is 5.69 Å². The van der Waals surface area contributed by atoms with Crippen molar-refractivity contribution < 1.29 is 14.7 Å². The van der Waals surface area contributed by atoms with Crippen molar-refractivity contribution in [1.82, 2.24) is 0 Å². The van der Waals surface area contributed by atoms with Crippen LogP contribution in [0.25, 0.3) is 0 Å². The first kappa shape index (κ1) is 16.1. The minimum absolute atomic E-state index is 0.0414. The standard InChI is InChI=1S/C17H17NO3S/c1-3-16(19)18-14-10-12(17(20)21)6-9-15(14)22-13-7-4-11(2)5-8-13/h4-10H,3H2,1-2H3,(H,18,19)(H,20,21)/p-1. The van der Waals surface area contributed by atoms with Crippen LogP contribution in [0.2, 0.25) is 0 Å². The average molecular weight is 314 g/mol. The van der Waals surface area contributed by atoms with Gasteiger partial charge in [0, 0.05) is 16.2 Å². The smallest absolute Gasteiger partial charge is 0.224 e. The van der Waals surface area contributed by atoms with Crippen LogP contribution in [-0.2, 0) is 4.79 Å². The summed E-state index contributed by atoms with van der Waals surface area (Å²) in [6.45, 7) is 3.75. The monoisotopic (exact) mass is 314 g/mol. The van der Waals surface area contributed by atoms with Gasteiger partial charge in [0.1, 0.15) is 0 Å². The molecule has 0 atom stereocenters. The molecule has 4 nitrogen and oxygen atoms in total. The maximum atomic E-state index is 11.6. The third-order valence-corrected chi connectivity index (χ3v) is 4.14. The Kier molecular flexibility index (Phi) is 5.22. The van der Waals surface area contributed by atoms with Gasteiger partial charge in [-0.3, -0.25) is 4.79 Å². The van der Waals surface area contributed by atoms with Gasteiger partial charge in [0.2, 0.25) is 5.91 Å². The van der Waals surface area contributed by atoms with Crippen LogP contribution in [-0.4, -0.2) is 11.9 Å². The van der Waals surface area contributed by atoms with E-state index in [1.165, 1.54) is 23.9 Å². The summed E-state index contributed by atoms with van der Waals surface area (Å²) in [5.41, 5.74) is 1.69. The zero-order valence-corrected chi connectivity index (χ0v) is 13.2. The van der Waals surface area contributed by atoms with Crippen LogP contribution in [0, 0.1) is 6.92 Å². The lowest BCUT2D eigenvalue weighted by molar-refractivity contribution is -0.255. The molecule has 114 valence electrons. The maximum absolute atomic E-state index is 11.6. The number of carbonyl (C=O) groups is 2. The maximum Gasteiger partial charge on any atom is 0.224 e.